The molecule has 0 saturated heterocycles. The fourth-order valence-electron chi connectivity index (χ4n) is 1.95. The lowest BCUT2D eigenvalue weighted by Gasteiger charge is -2.11. The van der Waals surface area contributed by atoms with E-state index < -0.39 is 0 Å². The molecule has 1 aliphatic carbocycles. The van der Waals surface area contributed by atoms with Gasteiger partial charge in [-0.25, -0.2) is 0 Å². The highest BCUT2D eigenvalue weighted by Gasteiger charge is 2.56. The number of nitrogens with two attached hydrogens (primary N) is 1. The zero-order chi connectivity index (χ0) is 9.64. The number of hydrogen-bond donors (Lipinski definition) is 2. The second-order valence-corrected chi connectivity index (χ2v) is 5.19. The highest BCUT2D eigenvalue weighted by Crippen LogP contribution is 2.55. The Morgan fingerprint density at radius 3 is 2.62 bits per heavy atom. The van der Waals surface area contributed by atoms with Gasteiger partial charge in [-0.15, -0.1) is 11.3 Å². The Kier molecular flexibility index (Phi) is 1.74. The molecule has 3 N–H and O–H groups in total. The third-order valence-corrected chi connectivity index (χ3v) is 4.15. The number of nitrogens with one attached hydrogen (secondary N) is 1. The smallest absolute Gasteiger partial charge is 0.102 e. The van der Waals surface area contributed by atoms with E-state index in [9.17, 15) is 0 Å². The van der Waals surface area contributed by atoms with E-state index in [1.165, 1.54) is 9.75 Å². The van der Waals surface area contributed by atoms with E-state index >= 15 is 0 Å². The summed E-state index contributed by atoms with van der Waals surface area (Å²) >= 11 is 1.77. The summed E-state index contributed by atoms with van der Waals surface area (Å²) in [6.07, 6.45) is 1.04. The van der Waals surface area contributed by atoms with Crippen LogP contribution in [0.15, 0.2) is 12.1 Å². The Balaban J connectivity index is 2.39. The molecule has 70 valence electrons. The topological polar surface area (TPSA) is 49.9 Å². The number of amidine groups is 1. The van der Waals surface area contributed by atoms with Crippen molar-refractivity contribution in [1.29, 1.82) is 5.41 Å². The Bertz CT molecular complexity index is 356. The minimum atomic E-state index is -0.0983. The van der Waals surface area contributed by atoms with Crippen molar-refractivity contribution in [2.24, 2.45) is 11.7 Å². The van der Waals surface area contributed by atoms with E-state index in [-0.39, 0.29) is 5.41 Å². The molecule has 0 bridgehead atoms. The molecule has 2 rings (SSSR count). The van der Waals surface area contributed by atoms with Crippen LogP contribution < -0.4 is 5.73 Å². The van der Waals surface area contributed by atoms with Crippen LogP contribution in [-0.4, -0.2) is 5.84 Å². The Morgan fingerprint density at radius 2 is 2.31 bits per heavy atom. The summed E-state index contributed by atoms with van der Waals surface area (Å²) in [7, 11) is 0. The van der Waals surface area contributed by atoms with Crippen LogP contribution in [0.4, 0.5) is 0 Å². The molecule has 1 fully saturated rings. The van der Waals surface area contributed by atoms with E-state index in [4.69, 9.17) is 11.1 Å². The molecule has 3 heteroatoms. The van der Waals surface area contributed by atoms with Gasteiger partial charge in [0.05, 0.1) is 5.41 Å². The molecule has 2 unspecified atom stereocenters. The van der Waals surface area contributed by atoms with E-state index in [0.717, 1.165) is 6.42 Å². The van der Waals surface area contributed by atoms with Crippen LogP contribution in [0.25, 0.3) is 0 Å². The first-order valence-electron chi connectivity index (χ1n) is 4.49. The molecular weight excluding hydrogens is 180 g/mol. The maximum atomic E-state index is 7.62. The minimum Gasteiger partial charge on any atom is -0.387 e. The van der Waals surface area contributed by atoms with Crippen molar-refractivity contribution in [3.05, 3.63) is 21.9 Å². The highest BCUT2D eigenvalue weighted by atomic mass is 32.1. The van der Waals surface area contributed by atoms with E-state index in [1.807, 2.05) is 0 Å². The first kappa shape index (κ1) is 8.75. The van der Waals surface area contributed by atoms with Crippen molar-refractivity contribution in [2.75, 3.05) is 0 Å². The molecule has 0 aromatic carbocycles. The first-order chi connectivity index (χ1) is 6.07. The monoisotopic (exact) mass is 194 g/mol. The number of rotatable bonds is 2. The zero-order valence-corrected chi connectivity index (χ0v) is 8.74. The van der Waals surface area contributed by atoms with Crippen molar-refractivity contribution in [3.8, 4) is 0 Å². The summed E-state index contributed by atoms with van der Waals surface area (Å²) in [5, 5.41) is 7.62. The SMILES string of the molecule is Cc1ccc(C2(C(=N)N)CC2C)s1. The lowest BCUT2D eigenvalue weighted by Crippen LogP contribution is -2.28. The van der Waals surface area contributed by atoms with Gasteiger partial charge in [0.2, 0.25) is 0 Å². The summed E-state index contributed by atoms with van der Waals surface area (Å²) in [5.74, 6) is 0.880. The molecule has 0 aliphatic heterocycles. The molecule has 1 heterocycles. The largest absolute Gasteiger partial charge is 0.387 e. The third kappa shape index (κ3) is 1.10. The lowest BCUT2D eigenvalue weighted by atomic mass is 10.0. The highest BCUT2D eigenvalue weighted by molar-refractivity contribution is 7.12. The molecule has 1 saturated carbocycles. The van der Waals surface area contributed by atoms with E-state index in [2.05, 4.69) is 26.0 Å². The Hall–Kier alpha value is -0.830. The fourth-order valence-corrected chi connectivity index (χ4v) is 3.15. The summed E-state index contributed by atoms with van der Waals surface area (Å²) < 4.78 is 0. The molecule has 0 radical (unpaired) electrons. The Morgan fingerprint density at radius 1 is 1.69 bits per heavy atom. The second-order valence-electron chi connectivity index (χ2n) is 3.90. The van der Waals surface area contributed by atoms with Gasteiger partial charge in [-0.3, -0.25) is 5.41 Å². The molecule has 1 aromatic heterocycles. The molecule has 1 aliphatic rings. The van der Waals surface area contributed by atoms with Gasteiger partial charge >= 0.3 is 0 Å². The normalized spacial score (nSPS) is 31.7. The van der Waals surface area contributed by atoms with Crippen molar-refractivity contribution < 1.29 is 0 Å². The van der Waals surface area contributed by atoms with Crippen LogP contribution in [0.2, 0.25) is 0 Å². The van der Waals surface area contributed by atoms with Gasteiger partial charge in [-0.2, -0.15) is 0 Å². The van der Waals surface area contributed by atoms with E-state index in [1.54, 1.807) is 11.3 Å². The Labute approximate surface area is 82.3 Å². The average molecular weight is 194 g/mol. The number of thiophene rings is 1. The number of hydrogen-bond acceptors (Lipinski definition) is 2. The molecule has 2 atom stereocenters. The zero-order valence-electron chi connectivity index (χ0n) is 7.92. The van der Waals surface area contributed by atoms with Gasteiger partial charge in [0.25, 0.3) is 0 Å². The van der Waals surface area contributed by atoms with Crippen LogP contribution in [0.3, 0.4) is 0 Å². The standard InChI is InChI=1S/C10H14N2S/c1-6-5-10(6,9(11)12)8-4-3-7(2)13-8/h3-4,6H,5H2,1-2H3,(H3,11,12). The van der Waals surface area contributed by atoms with Crippen molar-refractivity contribution >= 4 is 17.2 Å². The maximum absolute atomic E-state index is 7.62. The number of aryl methyl sites for hydroxylation is 1. The van der Waals surface area contributed by atoms with Crippen molar-refractivity contribution in [3.63, 3.8) is 0 Å². The van der Waals surface area contributed by atoms with Crippen LogP contribution in [-0.2, 0) is 5.41 Å². The van der Waals surface area contributed by atoms with Gasteiger partial charge in [0.1, 0.15) is 5.84 Å². The predicted molar refractivity (Wildman–Crippen MR) is 56.4 cm³/mol. The van der Waals surface area contributed by atoms with Crippen LogP contribution >= 0.6 is 11.3 Å². The first-order valence-corrected chi connectivity index (χ1v) is 5.30. The quantitative estimate of drug-likeness (QED) is 0.550. The molecule has 1 aromatic rings. The summed E-state index contributed by atoms with van der Waals surface area (Å²) in [6.45, 7) is 4.26. The van der Waals surface area contributed by atoms with Crippen LogP contribution in [0.5, 0.6) is 0 Å². The molecule has 13 heavy (non-hydrogen) atoms. The van der Waals surface area contributed by atoms with Crippen molar-refractivity contribution in [2.45, 2.75) is 25.7 Å². The van der Waals surface area contributed by atoms with E-state index in [0.29, 0.717) is 11.8 Å². The fraction of sp³-hybridized carbons (Fsp3) is 0.500. The molecular formula is C10H14N2S. The summed E-state index contributed by atoms with van der Waals surface area (Å²) in [6, 6.07) is 4.22. The van der Waals surface area contributed by atoms with Crippen LogP contribution in [0.1, 0.15) is 23.1 Å². The predicted octanol–water partition coefficient (Wildman–Crippen LogP) is 2.27. The maximum Gasteiger partial charge on any atom is 0.102 e. The average Bonchev–Trinajstić information content (AvgIpc) is 2.53. The lowest BCUT2D eigenvalue weighted by molar-refractivity contribution is 0.820. The third-order valence-electron chi connectivity index (χ3n) is 2.97. The van der Waals surface area contributed by atoms with Gasteiger partial charge in [-0.05, 0) is 31.4 Å². The second kappa shape index (κ2) is 2.58. The summed E-state index contributed by atoms with van der Waals surface area (Å²) in [4.78, 5) is 2.57. The molecule has 0 amide bonds. The van der Waals surface area contributed by atoms with Gasteiger partial charge in [0, 0.05) is 9.75 Å². The summed E-state index contributed by atoms with van der Waals surface area (Å²) in [5.41, 5.74) is 5.56. The van der Waals surface area contributed by atoms with Gasteiger partial charge in [0.15, 0.2) is 0 Å². The van der Waals surface area contributed by atoms with Gasteiger partial charge < -0.3 is 5.73 Å². The van der Waals surface area contributed by atoms with Gasteiger partial charge in [-0.1, -0.05) is 6.92 Å². The molecule has 2 nitrogen and oxygen atoms in total. The van der Waals surface area contributed by atoms with Crippen LogP contribution in [0, 0.1) is 18.3 Å². The van der Waals surface area contributed by atoms with Crippen molar-refractivity contribution in [1.82, 2.24) is 0 Å². The molecule has 0 spiro atoms. The minimum absolute atomic E-state index is 0.0983.